The van der Waals surface area contributed by atoms with E-state index >= 15 is 0 Å². The zero-order valence-corrected chi connectivity index (χ0v) is 12.7. The minimum Gasteiger partial charge on any atom is -0.338 e. The van der Waals surface area contributed by atoms with Gasteiger partial charge in [-0.25, -0.2) is 8.42 Å². The second kappa shape index (κ2) is 5.03. The minimum atomic E-state index is -3.38. The molecule has 2 heterocycles. The Morgan fingerprint density at radius 1 is 1.21 bits per heavy atom. The van der Waals surface area contributed by atoms with Crippen molar-refractivity contribution < 1.29 is 13.2 Å². The highest BCUT2D eigenvalue weighted by atomic mass is 32.2. The molecule has 2 aliphatic heterocycles. The second-order valence-corrected chi connectivity index (χ2v) is 8.50. The van der Waals surface area contributed by atoms with Gasteiger partial charge in [-0.15, -0.1) is 0 Å². The number of carbonyl (C=O) groups excluding carboxylic acids is 1. The molecule has 0 aromatic heterocycles. The number of sulfone groups is 1. The van der Waals surface area contributed by atoms with Crippen LogP contribution in [-0.2, 0) is 14.6 Å². The molecule has 0 radical (unpaired) electrons. The molecule has 1 N–H and O–H groups in total. The van der Waals surface area contributed by atoms with Crippen molar-refractivity contribution in [2.24, 2.45) is 0 Å². The Labute approximate surface area is 115 Å². The fraction of sp³-hybridized carbons (Fsp3) is 0.917. The predicted molar refractivity (Wildman–Crippen MR) is 73.7 cm³/mol. The van der Waals surface area contributed by atoms with Crippen molar-refractivity contribution in [3.05, 3.63) is 0 Å². The lowest BCUT2D eigenvalue weighted by Gasteiger charge is -2.48. The Balaban J connectivity index is 1.91. The highest BCUT2D eigenvalue weighted by Crippen LogP contribution is 2.24. The summed E-state index contributed by atoms with van der Waals surface area (Å²) >= 11 is 0. The van der Waals surface area contributed by atoms with Gasteiger partial charge in [0.1, 0.15) is 4.75 Å². The molecule has 0 aliphatic carbocycles. The molecular formula is C12H23N3O3S. The van der Waals surface area contributed by atoms with Crippen LogP contribution in [0.15, 0.2) is 0 Å². The third kappa shape index (κ3) is 2.78. The molecule has 2 rings (SSSR count). The lowest BCUT2D eigenvalue weighted by Crippen LogP contribution is -2.66. The largest absolute Gasteiger partial charge is 0.338 e. The topological polar surface area (TPSA) is 69.7 Å². The number of piperazine rings is 1. The lowest BCUT2D eigenvalue weighted by atomic mass is 10.0. The first-order valence-corrected chi connectivity index (χ1v) is 8.56. The van der Waals surface area contributed by atoms with Crippen LogP contribution in [0.2, 0.25) is 0 Å². The van der Waals surface area contributed by atoms with Crippen molar-refractivity contribution in [3.8, 4) is 0 Å². The van der Waals surface area contributed by atoms with Crippen molar-refractivity contribution in [1.82, 2.24) is 15.1 Å². The van der Waals surface area contributed by atoms with Gasteiger partial charge in [0.2, 0.25) is 5.91 Å². The normalized spacial score (nSPS) is 23.2. The highest BCUT2D eigenvalue weighted by molar-refractivity contribution is 7.92. The fourth-order valence-corrected chi connectivity index (χ4v) is 2.89. The summed E-state index contributed by atoms with van der Waals surface area (Å²) in [6.45, 7) is 8.25. The van der Waals surface area contributed by atoms with Crippen LogP contribution in [0.4, 0.5) is 0 Å². The molecule has 1 amide bonds. The Hall–Kier alpha value is -0.660. The smallest absolute Gasteiger partial charge is 0.243 e. The summed E-state index contributed by atoms with van der Waals surface area (Å²) in [5.41, 5.74) is 0. The van der Waals surface area contributed by atoms with Gasteiger partial charge < -0.3 is 10.2 Å². The van der Waals surface area contributed by atoms with E-state index in [-0.39, 0.29) is 5.91 Å². The summed E-state index contributed by atoms with van der Waals surface area (Å²) in [6, 6.07) is 0.390. The third-order valence-electron chi connectivity index (χ3n) is 4.26. The van der Waals surface area contributed by atoms with Crippen LogP contribution in [0.3, 0.4) is 0 Å². The van der Waals surface area contributed by atoms with E-state index in [0.717, 1.165) is 32.4 Å². The number of nitrogens with zero attached hydrogens (tertiary/aromatic N) is 2. The van der Waals surface area contributed by atoms with Gasteiger partial charge in [-0.1, -0.05) is 0 Å². The van der Waals surface area contributed by atoms with Gasteiger partial charge in [-0.3, -0.25) is 9.69 Å². The first-order chi connectivity index (χ1) is 8.73. The molecule has 2 saturated heterocycles. The molecule has 0 saturated carbocycles. The Bertz CT molecular complexity index is 449. The van der Waals surface area contributed by atoms with E-state index in [4.69, 9.17) is 0 Å². The number of carbonyl (C=O) groups is 1. The van der Waals surface area contributed by atoms with E-state index in [1.54, 1.807) is 4.90 Å². The molecule has 19 heavy (non-hydrogen) atoms. The van der Waals surface area contributed by atoms with Gasteiger partial charge in [0.25, 0.3) is 0 Å². The molecule has 6 nitrogen and oxygen atoms in total. The molecular weight excluding hydrogens is 266 g/mol. The van der Waals surface area contributed by atoms with E-state index in [0.29, 0.717) is 19.1 Å². The molecule has 0 bridgehead atoms. The molecule has 0 atom stereocenters. The Morgan fingerprint density at radius 2 is 1.74 bits per heavy atom. The van der Waals surface area contributed by atoms with E-state index in [1.165, 1.54) is 13.8 Å². The van der Waals surface area contributed by atoms with Crippen LogP contribution >= 0.6 is 0 Å². The predicted octanol–water partition coefficient (Wildman–Crippen LogP) is -1.07. The van der Waals surface area contributed by atoms with E-state index in [2.05, 4.69) is 10.2 Å². The van der Waals surface area contributed by atoms with Gasteiger partial charge in [0, 0.05) is 51.6 Å². The third-order valence-corrected chi connectivity index (χ3v) is 6.29. The van der Waals surface area contributed by atoms with Crippen LogP contribution in [-0.4, -0.2) is 80.4 Å². The Kier molecular flexibility index (Phi) is 3.90. The molecule has 0 aromatic carbocycles. The van der Waals surface area contributed by atoms with Crippen molar-refractivity contribution in [1.29, 1.82) is 0 Å². The van der Waals surface area contributed by atoms with Crippen molar-refractivity contribution in [2.75, 3.05) is 45.5 Å². The van der Waals surface area contributed by atoms with E-state index in [9.17, 15) is 13.2 Å². The molecule has 2 fully saturated rings. The summed E-state index contributed by atoms with van der Waals surface area (Å²) < 4.78 is 22.0. The second-order valence-electron chi connectivity index (χ2n) is 5.93. The highest BCUT2D eigenvalue weighted by Gasteiger charge is 2.46. The molecule has 2 aliphatic rings. The number of likely N-dealkylation sites (tertiary alicyclic amines) is 1. The maximum atomic E-state index is 12.2. The lowest BCUT2D eigenvalue weighted by molar-refractivity contribution is -0.140. The van der Waals surface area contributed by atoms with Gasteiger partial charge in [0.05, 0.1) is 0 Å². The van der Waals surface area contributed by atoms with Gasteiger partial charge in [0.15, 0.2) is 9.84 Å². The van der Waals surface area contributed by atoms with E-state index < -0.39 is 14.6 Å². The maximum Gasteiger partial charge on any atom is 0.243 e. The summed E-state index contributed by atoms with van der Waals surface area (Å²) in [5, 5.41) is 3.29. The minimum absolute atomic E-state index is 0.276. The van der Waals surface area contributed by atoms with Crippen LogP contribution in [0, 0.1) is 0 Å². The summed E-state index contributed by atoms with van der Waals surface area (Å²) in [6.07, 6.45) is 1.12. The number of amides is 1. The molecule has 0 aromatic rings. The quantitative estimate of drug-likeness (QED) is 0.716. The molecule has 7 heteroatoms. The van der Waals surface area contributed by atoms with Crippen LogP contribution < -0.4 is 5.32 Å². The van der Waals surface area contributed by atoms with Gasteiger partial charge in [-0.2, -0.15) is 0 Å². The van der Waals surface area contributed by atoms with E-state index in [1.807, 2.05) is 0 Å². The Morgan fingerprint density at radius 3 is 2.21 bits per heavy atom. The van der Waals surface area contributed by atoms with Gasteiger partial charge >= 0.3 is 0 Å². The zero-order chi connectivity index (χ0) is 14.3. The fourth-order valence-electron chi connectivity index (χ4n) is 2.44. The average Bonchev–Trinajstić information content (AvgIpc) is 2.26. The summed E-state index contributed by atoms with van der Waals surface area (Å²) in [4.78, 5) is 16.3. The zero-order valence-electron chi connectivity index (χ0n) is 11.8. The van der Waals surface area contributed by atoms with Crippen LogP contribution in [0.25, 0.3) is 0 Å². The summed E-state index contributed by atoms with van der Waals surface area (Å²) in [7, 11) is -3.38. The standard InChI is InChI=1S/C12H23N3O3S/c1-12(2,19(3,17)18)11(16)15-8-10(9-15)14-6-4-13-5-7-14/h10,13H,4-9H2,1-3H3. The number of hydrogen-bond donors (Lipinski definition) is 1. The first-order valence-electron chi connectivity index (χ1n) is 6.67. The van der Waals surface area contributed by atoms with Crippen LogP contribution in [0.1, 0.15) is 13.8 Å². The first kappa shape index (κ1) is 14.7. The van der Waals surface area contributed by atoms with Crippen molar-refractivity contribution in [2.45, 2.75) is 24.6 Å². The number of rotatable bonds is 3. The van der Waals surface area contributed by atoms with Crippen molar-refractivity contribution in [3.63, 3.8) is 0 Å². The monoisotopic (exact) mass is 289 g/mol. The van der Waals surface area contributed by atoms with Gasteiger partial charge in [-0.05, 0) is 13.8 Å². The SMILES string of the molecule is CC(C)(C(=O)N1CC(N2CCNCC2)C1)S(C)(=O)=O. The molecule has 110 valence electrons. The average molecular weight is 289 g/mol. The number of hydrogen-bond acceptors (Lipinski definition) is 5. The molecule has 0 unspecified atom stereocenters. The molecule has 0 spiro atoms. The van der Waals surface area contributed by atoms with Crippen LogP contribution in [0.5, 0.6) is 0 Å². The summed E-state index contributed by atoms with van der Waals surface area (Å²) in [5.74, 6) is -0.276. The maximum absolute atomic E-state index is 12.2. The van der Waals surface area contributed by atoms with Crippen molar-refractivity contribution >= 4 is 15.7 Å². The number of nitrogens with one attached hydrogen (secondary N) is 1.